The molecule has 0 bridgehead atoms. The van der Waals surface area contributed by atoms with Crippen LogP contribution in [-0.2, 0) is 10.2 Å². The quantitative estimate of drug-likeness (QED) is 0.699. The molecule has 1 aliphatic heterocycles. The minimum atomic E-state index is -4.04. The van der Waals surface area contributed by atoms with Crippen LogP contribution in [0.3, 0.4) is 0 Å². The zero-order valence-corrected chi connectivity index (χ0v) is 16.5. The zero-order chi connectivity index (χ0) is 18.9. The molecule has 2 aromatic rings. The van der Waals surface area contributed by atoms with Crippen LogP contribution in [0.2, 0.25) is 0 Å². The lowest BCUT2D eigenvalue weighted by Gasteiger charge is -2.21. The lowest BCUT2D eigenvalue weighted by atomic mass is 10.2. The van der Waals surface area contributed by atoms with Crippen molar-refractivity contribution in [3.8, 4) is 0 Å². The highest BCUT2D eigenvalue weighted by Gasteiger charge is 2.41. The minimum Gasteiger partial charge on any atom is -0.306 e. The second-order valence-electron chi connectivity index (χ2n) is 6.12. The molecule has 0 unspecified atom stereocenters. The van der Waals surface area contributed by atoms with Crippen molar-refractivity contribution < 1.29 is 17.2 Å². The van der Waals surface area contributed by atoms with Crippen molar-refractivity contribution >= 4 is 39.7 Å². The maximum atomic E-state index is 14.3. The van der Waals surface area contributed by atoms with Gasteiger partial charge in [-0.25, -0.2) is 17.4 Å². The van der Waals surface area contributed by atoms with E-state index in [9.17, 15) is 17.2 Å². The fourth-order valence-electron chi connectivity index (χ4n) is 2.74. The molecule has 0 saturated heterocycles. The number of hydrogen-bond donors (Lipinski definition) is 0. The normalized spacial score (nSPS) is 15.3. The molecule has 1 heterocycles. The summed E-state index contributed by atoms with van der Waals surface area (Å²) in [5.41, 5.74) is 0.573. The second-order valence-corrected chi connectivity index (χ2v) is 7.82. The van der Waals surface area contributed by atoms with E-state index in [2.05, 4.69) is 0 Å². The Morgan fingerprint density at radius 1 is 1.00 bits per heavy atom. The van der Waals surface area contributed by atoms with Crippen LogP contribution in [0.1, 0.15) is 0 Å². The number of para-hydroxylation sites is 2. The van der Waals surface area contributed by atoms with Gasteiger partial charge < -0.3 is 4.90 Å². The van der Waals surface area contributed by atoms with E-state index in [-0.39, 0.29) is 24.6 Å². The van der Waals surface area contributed by atoms with Gasteiger partial charge in [0, 0.05) is 12.6 Å². The number of halogens is 3. The lowest BCUT2D eigenvalue weighted by Crippen LogP contribution is -2.35. The molecule has 3 rings (SSSR count). The first kappa shape index (κ1) is 21.1. The van der Waals surface area contributed by atoms with E-state index in [0.29, 0.717) is 24.0 Å². The van der Waals surface area contributed by atoms with Crippen LogP contribution in [0.4, 0.5) is 25.8 Å². The Bertz CT molecular complexity index is 951. The summed E-state index contributed by atoms with van der Waals surface area (Å²) in [6, 6.07) is 9.49. The molecule has 0 amide bonds. The summed E-state index contributed by atoms with van der Waals surface area (Å²) >= 11 is 0. The van der Waals surface area contributed by atoms with Gasteiger partial charge in [0.15, 0.2) is 5.82 Å². The van der Waals surface area contributed by atoms with Crippen molar-refractivity contribution in [2.24, 2.45) is 0 Å². The molecule has 146 valence electrons. The van der Waals surface area contributed by atoms with Crippen molar-refractivity contribution in [1.82, 2.24) is 4.90 Å². The van der Waals surface area contributed by atoms with Gasteiger partial charge in [0.25, 0.3) is 0 Å². The Labute approximate surface area is 164 Å². The van der Waals surface area contributed by atoms with E-state index in [1.165, 1.54) is 4.31 Å². The number of nitrogens with zero attached hydrogens (tertiary/aromatic N) is 3. The van der Waals surface area contributed by atoms with E-state index >= 15 is 0 Å². The maximum Gasteiger partial charge on any atom is 0.331 e. The van der Waals surface area contributed by atoms with Gasteiger partial charge in [-0.05, 0) is 38.4 Å². The average Bonchev–Trinajstić information content (AvgIpc) is 2.79. The standard InChI is InChI=1S/C18H19F2N3O2S.ClH/c1-21(2)11-5-6-12-22-17-7-3-4-8-18(17)23(26(22,24)25)16-10-9-14(19)13-15(16)20;/h3-10,13H,11-12H2,1-2H3;1H. The highest BCUT2D eigenvalue weighted by atomic mass is 35.5. The SMILES string of the molecule is CN(C)CC=CCN1c2ccccc2N(c2ccc(F)cc2F)S1(=O)=O.Cl. The number of fused-ring (bicyclic) bond motifs is 1. The van der Waals surface area contributed by atoms with Crippen LogP contribution in [0, 0.1) is 11.6 Å². The van der Waals surface area contributed by atoms with Crippen LogP contribution in [0.5, 0.6) is 0 Å². The summed E-state index contributed by atoms with van der Waals surface area (Å²) in [5, 5.41) is 0. The molecule has 27 heavy (non-hydrogen) atoms. The molecule has 5 nitrogen and oxygen atoms in total. The number of benzene rings is 2. The summed E-state index contributed by atoms with van der Waals surface area (Å²) in [6.07, 6.45) is 3.61. The van der Waals surface area contributed by atoms with Crippen molar-refractivity contribution in [3.63, 3.8) is 0 Å². The van der Waals surface area contributed by atoms with Crippen LogP contribution < -0.4 is 8.61 Å². The Balaban J connectivity index is 0.00000261. The number of hydrogen-bond acceptors (Lipinski definition) is 3. The van der Waals surface area contributed by atoms with Gasteiger partial charge in [0.2, 0.25) is 0 Å². The summed E-state index contributed by atoms with van der Waals surface area (Å²) in [5.74, 6) is -1.70. The molecule has 9 heteroatoms. The predicted molar refractivity (Wildman–Crippen MR) is 106 cm³/mol. The third kappa shape index (κ3) is 4.07. The maximum absolute atomic E-state index is 14.3. The third-order valence-corrected chi connectivity index (χ3v) is 5.67. The number of likely N-dealkylation sites (N-methyl/N-ethyl adjacent to an activating group) is 1. The van der Waals surface area contributed by atoms with Crippen LogP contribution in [-0.4, -0.2) is 40.5 Å². The fourth-order valence-corrected chi connectivity index (χ4v) is 4.42. The van der Waals surface area contributed by atoms with Gasteiger partial charge in [0.1, 0.15) is 5.82 Å². The average molecular weight is 416 g/mol. The van der Waals surface area contributed by atoms with Gasteiger partial charge in [0.05, 0.1) is 23.6 Å². The minimum absolute atomic E-state index is 0. The highest BCUT2D eigenvalue weighted by molar-refractivity contribution is 7.95. The molecule has 0 atom stereocenters. The third-order valence-electron chi connectivity index (χ3n) is 3.92. The first-order valence-electron chi connectivity index (χ1n) is 7.99. The van der Waals surface area contributed by atoms with Gasteiger partial charge in [-0.2, -0.15) is 8.42 Å². The largest absolute Gasteiger partial charge is 0.331 e. The van der Waals surface area contributed by atoms with Gasteiger partial charge in [-0.3, -0.25) is 0 Å². The summed E-state index contributed by atoms with van der Waals surface area (Å²) < 4.78 is 55.8. The molecule has 0 spiro atoms. The molecule has 1 aliphatic rings. The van der Waals surface area contributed by atoms with E-state index in [1.807, 2.05) is 25.1 Å². The fraction of sp³-hybridized carbons (Fsp3) is 0.222. The van der Waals surface area contributed by atoms with Crippen LogP contribution in [0.25, 0.3) is 0 Å². The lowest BCUT2D eigenvalue weighted by molar-refractivity contribution is 0.456. The molecule has 0 radical (unpaired) electrons. The van der Waals surface area contributed by atoms with Crippen molar-refractivity contribution in [3.05, 3.63) is 66.3 Å². The molecular formula is C18H20ClF2N3O2S. The smallest absolute Gasteiger partial charge is 0.306 e. The number of anilines is 3. The van der Waals surface area contributed by atoms with E-state index in [1.54, 1.807) is 30.3 Å². The summed E-state index contributed by atoms with van der Waals surface area (Å²) in [4.78, 5) is 1.95. The molecule has 0 N–H and O–H groups in total. The first-order chi connectivity index (χ1) is 12.3. The first-order valence-corrected chi connectivity index (χ1v) is 9.39. The molecule has 0 aliphatic carbocycles. The Kier molecular flexibility index (Phi) is 6.46. The molecular weight excluding hydrogens is 396 g/mol. The Morgan fingerprint density at radius 2 is 1.67 bits per heavy atom. The highest BCUT2D eigenvalue weighted by Crippen LogP contribution is 2.45. The van der Waals surface area contributed by atoms with Crippen LogP contribution in [0.15, 0.2) is 54.6 Å². The van der Waals surface area contributed by atoms with E-state index in [0.717, 1.165) is 16.4 Å². The Morgan fingerprint density at radius 3 is 2.30 bits per heavy atom. The van der Waals surface area contributed by atoms with Gasteiger partial charge >= 0.3 is 10.2 Å². The van der Waals surface area contributed by atoms with E-state index in [4.69, 9.17) is 0 Å². The summed E-state index contributed by atoms with van der Waals surface area (Å²) in [7, 11) is -0.221. The molecule has 0 fully saturated rings. The summed E-state index contributed by atoms with van der Waals surface area (Å²) in [6.45, 7) is 0.790. The molecule has 2 aromatic carbocycles. The van der Waals surface area contributed by atoms with Gasteiger partial charge in [-0.15, -0.1) is 12.4 Å². The predicted octanol–water partition coefficient (Wildman–Crippen LogP) is 3.71. The Hall–Kier alpha value is -2.16. The van der Waals surface area contributed by atoms with Crippen molar-refractivity contribution in [2.45, 2.75) is 0 Å². The van der Waals surface area contributed by atoms with Crippen LogP contribution >= 0.6 is 12.4 Å². The van der Waals surface area contributed by atoms with E-state index < -0.39 is 21.8 Å². The zero-order valence-electron chi connectivity index (χ0n) is 14.8. The van der Waals surface area contributed by atoms with Crippen molar-refractivity contribution in [1.29, 1.82) is 0 Å². The van der Waals surface area contributed by atoms with Crippen molar-refractivity contribution in [2.75, 3.05) is 35.8 Å². The number of rotatable bonds is 5. The molecule has 0 aromatic heterocycles. The topological polar surface area (TPSA) is 43.9 Å². The second kappa shape index (κ2) is 8.24. The van der Waals surface area contributed by atoms with Gasteiger partial charge in [-0.1, -0.05) is 24.3 Å². The monoisotopic (exact) mass is 415 g/mol. The molecule has 0 saturated carbocycles.